The molecule has 1 aromatic rings. The average molecular weight is 338 g/mol. The van der Waals surface area contributed by atoms with Crippen LogP contribution in [0.2, 0.25) is 0 Å². The number of piperidine rings is 1. The Morgan fingerprint density at radius 3 is 2.78 bits per heavy atom. The fraction of sp³-hybridized carbons (Fsp3) is 0.611. The normalized spacial score (nSPS) is 24.9. The van der Waals surface area contributed by atoms with Crippen LogP contribution in [0.5, 0.6) is 0 Å². The molecule has 1 N–H and O–H groups in total. The van der Waals surface area contributed by atoms with Crippen LogP contribution in [0.1, 0.15) is 24.8 Å². The monoisotopic (exact) mass is 337 g/mol. The number of hydrogen-bond acceptors (Lipinski definition) is 3. The summed E-state index contributed by atoms with van der Waals surface area (Å²) in [6.45, 7) is 4.98. The molecular weight excluding hydrogens is 310 g/mol. The van der Waals surface area contributed by atoms with E-state index >= 15 is 0 Å². The van der Waals surface area contributed by atoms with E-state index in [2.05, 4.69) is 40.5 Å². The Kier molecular flexibility index (Phi) is 6.88. The number of nitrogens with one attached hydrogen (secondary N) is 1. The molecule has 0 spiro atoms. The Morgan fingerprint density at radius 1 is 1.30 bits per heavy atom. The van der Waals surface area contributed by atoms with Crippen molar-refractivity contribution in [1.82, 2.24) is 15.1 Å². The lowest BCUT2D eigenvalue weighted by Crippen LogP contribution is -2.46. The van der Waals surface area contributed by atoms with Gasteiger partial charge in [0.2, 0.25) is 5.91 Å². The van der Waals surface area contributed by atoms with E-state index in [9.17, 15) is 4.79 Å². The SMILES string of the molecule is CN(C(=O)[C@@H]1CCCNC1)C1CCN(Cc2ccccc2)C1.Cl. The molecule has 5 heteroatoms. The molecule has 0 radical (unpaired) electrons. The Hall–Kier alpha value is -1.10. The minimum atomic E-state index is 0. The maximum absolute atomic E-state index is 12.6. The van der Waals surface area contributed by atoms with Gasteiger partial charge in [0.1, 0.15) is 0 Å². The topological polar surface area (TPSA) is 35.6 Å². The van der Waals surface area contributed by atoms with E-state index in [1.54, 1.807) is 0 Å². The Bertz CT molecular complexity index is 490. The first-order valence-electron chi connectivity index (χ1n) is 8.47. The third-order valence-corrected chi connectivity index (χ3v) is 5.04. The lowest BCUT2D eigenvalue weighted by atomic mass is 9.97. The van der Waals surface area contributed by atoms with Crippen LogP contribution >= 0.6 is 12.4 Å². The van der Waals surface area contributed by atoms with Gasteiger partial charge in [-0.15, -0.1) is 12.4 Å². The molecule has 0 aliphatic carbocycles. The van der Waals surface area contributed by atoms with Crippen LogP contribution in [0.3, 0.4) is 0 Å². The molecule has 0 saturated carbocycles. The number of likely N-dealkylation sites (tertiary alicyclic amines) is 1. The largest absolute Gasteiger partial charge is 0.341 e. The molecular formula is C18H28ClN3O. The maximum atomic E-state index is 12.6. The number of carbonyl (C=O) groups excluding carboxylic acids is 1. The number of halogens is 1. The van der Waals surface area contributed by atoms with Crippen molar-refractivity contribution in [3.05, 3.63) is 35.9 Å². The molecule has 2 atom stereocenters. The molecule has 3 rings (SSSR count). The quantitative estimate of drug-likeness (QED) is 0.914. The summed E-state index contributed by atoms with van der Waals surface area (Å²) < 4.78 is 0. The average Bonchev–Trinajstić information content (AvgIpc) is 3.04. The summed E-state index contributed by atoms with van der Waals surface area (Å²) in [6.07, 6.45) is 3.25. The minimum absolute atomic E-state index is 0. The zero-order valence-electron chi connectivity index (χ0n) is 13.9. The highest BCUT2D eigenvalue weighted by Crippen LogP contribution is 2.20. The van der Waals surface area contributed by atoms with E-state index in [0.29, 0.717) is 11.9 Å². The first-order chi connectivity index (χ1) is 10.7. The third kappa shape index (κ3) is 4.69. The van der Waals surface area contributed by atoms with E-state index < -0.39 is 0 Å². The molecule has 2 aliphatic rings. The van der Waals surface area contributed by atoms with Crippen LogP contribution in [-0.4, -0.2) is 55.0 Å². The highest BCUT2D eigenvalue weighted by molar-refractivity contribution is 5.85. The van der Waals surface area contributed by atoms with Crippen molar-refractivity contribution in [2.24, 2.45) is 5.92 Å². The lowest BCUT2D eigenvalue weighted by molar-refractivity contribution is -0.136. The Morgan fingerprint density at radius 2 is 2.09 bits per heavy atom. The fourth-order valence-electron chi connectivity index (χ4n) is 3.64. The van der Waals surface area contributed by atoms with Crippen LogP contribution in [0.25, 0.3) is 0 Å². The molecule has 2 saturated heterocycles. The van der Waals surface area contributed by atoms with Gasteiger partial charge in [-0.05, 0) is 31.4 Å². The molecule has 1 aromatic carbocycles. The van der Waals surface area contributed by atoms with Crippen molar-refractivity contribution in [1.29, 1.82) is 0 Å². The Labute approximate surface area is 145 Å². The van der Waals surface area contributed by atoms with Gasteiger partial charge in [-0.2, -0.15) is 0 Å². The van der Waals surface area contributed by atoms with Crippen LogP contribution in [0, 0.1) is 5.92 Å². The molecule has 2 fully saturated rings. The van der Waals surface area contributed by atoms with E-state index in [0.717, 1.165) is 52.0 Å². The standard InChI is InChI=1S/C18H27N3O.ClH/c1-20(18(22)16-8-5-10-19-12-16)17-9-11-21(14-17)13-15-6-3-2-4-7-15;/h2-4,6-7,16-17,19H,5,8-14H2,1H3;1H/t16-,17?;/m1./s1. The van der Waals surface area contributed by atoms with Gasteiger partial charge in [0.25, 0.3) is 0 Å². The summed E-state index contributed by atoms with van der Waals surface area (Å²) in [5.74, 6) is 0.515. The molecule has 4 nitrogen and oxygen atoms in total. The molecule has 2 heterocycles. The number of amides is 1. The number of carbonyl (C=O) groups is 1. The number of benzene rings is 1. The third-order valence-electron chi connectivity index (χ3n) is 5.04. The second-order valence-corrected chi connectivity index (χ2v) is 6.66. The predicted octanol–water partition coefficient (Wildman–Crippen LogP) is 2.14. The smallest absolute Gasteiger partial charge is 0.227 e. The molecule has 1 amide bonds. The summed E-state index contributed by atoms with van der Waals surface area (Å²) >= 11 is 0. The van der Waals surface area contributed by atoms with Gasteiger partial charge in [0, 0.05) is 39.3 Å². The second-order valence-electron chi connectivity index (χ2n) is 6.66. The van der Waals surface area contributed by atoms with Crippen molar-refractivity contribution >= 4 is 18.3 Å². The molecule has 1 unspecified atom stereocenters. The summed E-state index contributed by atoms with van der Waals surface area (Å²) in [7, 11) is 1.99. The van der Waals surface area contributed by atoms with Crippen LogP contribution in [-0.2, 0) is 11.3 Å². The van der Waals surface area contributed by atoms with Gasteiger partial charge >= 0.3 is 0 Å². The number of rotatable bonds is 4. The summed E-state index contributed by atoms with van der Waals surface area (Å²) in [5.41, 5.74) is 1.36. The van der Waals surface area contributed by atoms with Crippen molar-refractivity contribution in [3.63, 3.8) is 0 Å². The first-order valence-corrected chi connectivity index (χ1v) is 8.47. The lowest BCUT2D eigenvalue weighted by Gasteiger charge is -2.31. The molecule has 0 aromatic heterocycles. The van der Waals surface area contributed by atoms with Crippen molar-refractivity contribution in [3.8, 4) is 0 Å². The molecule has 128 valence electrons. The predicted molar refractivity (Wildman–Crippen MR) is 95.7 cm³/mol. The Balaban J connectivity index is 0.00000192. The highest BCUT2D eigenvalue weighted by atomic mass is 35.5. The van der Waals surface area contributed by atoms with Crippen molar-refractivity contribution in [2.45, 2.75) is 31.8 Å². The van der Waals surface area contributed by atoms with E-state index in [-0.39, 0.29) is 18.3 Å². The summed E-state index contributed by atoms with van der Waals surface area (Å²) in [6, 6.07) is 11.0. The van der Waals surface area contributed by atoms with Gasteiger partial charge in [-0.1, -0.05) is 30.3 Å². The zero-order valence-corrected chi connectivity index (χ0v) is 14.7. The van der Waals surface area contributed by atoms with Crippen LogP contribution < -0.4 is 5.32 Å². The van der Waals surface area contributed by atoms with Crippen molar-refractivity contribution in [2.75, 3.05) is 33.2 Å². The van der Waals surface area contributed by atoms with E-state index in [4.69, 9.17) is 0 Å². The maximum Gasteiger partial charge on any atom is 0.227 e. The van der Waals surface area contributed by atoms with Gasteiger partial charge in [-0.25, -0.2) is 0 Å². The summed E-state index contributed by atoms with van der Waals surface area (Å²) in [4.78, 5) is 17.1. The summed E-state index contributed by atoms with van der Waals surface area (Å²) in [5, 5.41) is 3.34. The number of nitrogens with zero attached hydrogens (tertiary/aromatic N) is 2. The van der Waals surface area contributed by atoms with E-state index in [1.165, 1.54) is 5.56 Å². The fourth-order valence-corrected chi connectivity index (χ4v) is 3.64. The van der Waals surface area contributed by atoms with Gasteiger partial charge < -0.3 is 10.2 Å². The van der Waals surface area contributed by atoms with E-state index in [1.807, 2.05) is 11.9 Å². The molecule has 23 heavy (non-hydrogen) atoms. The van der Waals surface area contributed by atoms with Gasteiger partial charge in [-0.3, -0.25) is 9.69 Å². The molecule has 2 aliphatic heterocycles. The van der Waals surface area contributed by atoms with Gasteiger partial charge in [0.15, 0.2) is 0 Å². The first kappa shape index (κ1) is 18.2. The highest BCUT2D eigenvalue weighted by Gasteiger charge is 2.32. The van der Waals surface area contributed by atoms with Crippen LogP contribution in [0.15, 0.2) is 30.3 Å². The minimum Gasteiger partial charge on any atom is -0.341 e. The van der Waals surface area contributed by atoms with Crippen LogP contribution in [0.4, 0.5) is 0 Å². The van der Waals surface area contributed by atoms with Gasteiger partial charge in [0.05, 0.1) is 5.92 Å². The molecule has 0 bridgehead atoms. The number of likely N-dealkylation sites (N-methyl/N-ethyl adjacent to an activating group) is 1. The van der Waals surface area contributed by atoms with Crippen molar-refractivity contribution < 1.29 is 4.79 Å². The zero-order chi connectivity index (χ0) is 15.4. The second kappa shape index (κ2) is 8.67. The number of hydrogen-bond donors (Lipinski definition) is 1.